The van der Waals surface area contributed by atoms with Gasteiger partial charge in [-0.1, -0.05) is 41.6 Å². The Balaban J connectivity index is 1.67. The lowest BCUT2D eigenvalue weighted by molar-refractivity contribution is -0.118. The third-order valence-electron chi connectivity index (χ3n) is 3.60. The molecule has 1 unspecified atom stereocenters. The van der Waals surface area contributed by atoms with E-state index in [4.69, 9.17) is 0 Å². The number of ketones is 1. The Morgan fingerprint density at radius 2 is 1.83 bits per heavy atom. The molecule has 24 heavy (non-hydrogen) atoms. The molecule has 0 saturated carbocycles. The highest BCUT2D eigenvalue weighted by Crippen LogP contribution is 2.27. The number of nitrogens with zero attached hydrogens (tertiary/aromatic N) is 1. The number of aromatic hydroxyl groups is 1. The number of aliphatic imine (C=N–C) groups is 1. The van der Waals surface area contributed by atoms with Crippen molar-refractivity contribution in [2.24, 2.45) is 4.99 Å². The van der Waals surface area contributed by atoms with Gasteiger partial charge < -0.3 is 10.4 Å². The normalized spacial score (nSPS) is 18.6. The zero-order valence-electron chi connectivity index (χ0n) is 13.0. The maximum atomic E-state index is 12.3. The molecule has 1 atom stereocenters. The molecular formula is C18H16N2O3S. The number of hydrogen-bond acceptors (Lipinski definition) is 5. The van der Waals surface area contributed by atoms with Gasteiger partial charge in [-0.05, 0) is 31.2 Å². The molecule has 1 amide bonds. The maximum Gasteiger partial charge on any atom is 0.240 e. The predicted molar refractivity (Wildman–Crippen MR) is 94.9 cm³/mol. The third-order valence-corrected chi connectivity index (χ3v) is 4.68. The van der Waals surface area contributed by atoms with Crippen molar-refractivity contribution in [3.63, 3.8) is 0 Å². The number of benzene rings is 2. The second-order valence-corrected chi connectivity index (χ2v) is 6.71. The highest BCUT2D eigenvalue weighted by Gasteiger charge is 2.32. The average Bonchev–Trinajstić information content (AvgIpc) is 2.89. The van der Waals surface area contributed by atoms with Crippen LogP contribution in [0.1, 0.15) is 22.3 Å². The topological polar surface area (TPSA) is 78.8 Å². The van der Waals surface area contributed by atoms with Gasteiger partial charge in [0.25, 0.3) is 0 Å². The molecule has 2 aromatic carbocycles. The molecule has 1 heterocycles. The Morgan fingerprint density at radius 1 is 1.17 bits per heavy atom. The van der Waals surface area contributed by atoms with E-state index >= 15 is 0 Å². The highest BCUT2D eigenvalue weighted by atomic mass is 32.2. The number of phenols is 1. The summed E-state index contributed by atoms with van der Waals surface area (Å²) in [4.78, 5) is 28.7. The smallest absolute Gasteiger partial charge is 0.240 e. The van der Waals surface area contributed by atoms with Crippen LogP contribution in [0.5, 0.6) is 5.75 Å². The van der Waals surface area contributed by atoms with Gasteiger partial charge >= 0.3 is 0 Å². The van der Waals surface area contributed by atoms with Crippen molar-refractivity contribution in [1.29, 1.82) is 0 Å². The molecule has 2 aromatic rings. The summed E-state index contributed by atoms with van der Waals surface area (Å²) < 4.78 is 0. The molecule has 0 spiro atoms. The van der Waals surface area contributed by atoms with Gasteiger partial charge in [0.05, 0.1) is 10.9 Å². The van der Waals surface area contributed by atoms with E-state index < -0.39 is 5.25 Å². The highest BCUT2D eigenvalue weighted by molar-refractivity contribution is 8.15. The first-order valence-corrected chi connectivity index (χ1v) is 8.34. The Labute approximate surface area is 143 Å². The number of Topliss-reactive ketones (excluding diaryl/α,β-unsaturated/α-hetero) is 1. The number of thioether (sulfide) groups is 1. The predicted octanol–water partition coefficient (Wildman–Crippen LogP) is 3.19. The van der Waals surface area contributed by atoms with Crippen LogP contribution in [0, 0.1) is 6.92 Å². The van der Waals surface area contributed by atoms with E-state index in [-0.39, 0.29) is 23.9 Å². The van der Waals surface area contributed by atoms with Gasteiger partial charge in [0.2, 0.25) is 5.91 Å². The monoisotopic (exact) mass is 340 g/mol. The van der Waals surface area contributed by atoms with E-state index in [1.165, 1.54) is 23.9 Å². The maximum absolute atomic E-state index is 12.3. The number of carbonyl (C=O) groups excluding carboxylic acids is 2. The Bertz CT molecular complexity index is 798. The van der Waals surface area contributed by atoms with Gasteiger partial charge in [-0.3, -0.25) is 9.59 Å². The molecule has 1 aliphatic rings. The van der Waals surface area contributed by atoms with E-state index in [1.807, 2.05) is 19.1 Å². The molecule has 1 aliphatic heterocycles. The van der Waals surface area contributed by atoms with Gasteiger partial charge in [-0.15, -0.1) is 0 Å². The standard InChI is InChI=1S/C18H16N2O3S/c1-11-2-4-12(5-3-11)15(22)10-16-17(23)20-18(24-16)19-13-6-8-14(21)9-7-13/h2-9,16,21H,10H2,1H3,(H,19,20,23). The van der Waals surface area contributed by atoms with E-state index in [2.05, 4.69) is 10.3 Å². The van der Waals surface area contributed by atoms with Crippen LogP contribution in [0.25, 0.3) is 0 Å². The zero-order chi connectivity index (χ0) is 17.1. The molecule has 3 rings (SSSR count). The van der Waals surface area contributed by atoms with Gasteiger partial charge in [0.15, 0.2) is 11.0 Å². The number of rotatable bonds is 4. The van der Waals surface area contributed by atoms with Gasteiger partial charge in [-0.2, -0.15) is 0 Å². The average molecular weight is 340 g/mol. The second-order valence-electron chi connectivity index (χ2n) is 5.52. The van der Waals surface area contributed by atoms with Crippen LogP contribution in [-0.4, -0.2) is 27.2 Å². The lowest BCUT2D eigenvalue weighted by Crippen LogP contribution is -2.26. The van der Waals surface area contributed by atoms with E-state index in [0.717, 1.165) is 5.56 Å². The van der Waals surface area contributed by atoms with Gasteiger partial charge in [0.1, 0.15) is 5.75 Å². The summed E-state index contributed by atoms with van der Waals surface area (Å²) >= 11 is 1.25. The number of nitrogens with one attached hydrogen (secondary N) is 1. The first-order valence-electron chi connectivity index (χ1n) is 7.46. The summed E-state index contributed by atoms with van der Waals surface area (Å²) in [5.74, 6) is -0.116. The second kappa shape index (κ2) is 6.88. The molecule has 5 nitrogen and oxygen atoms in total. The van der Waals surface area contributed by atoms with Crippen LogP contribution in [0.3, 0.4) is 0 Å². The number of hydrogen-bond donors (Lipinski definition) is 2. The summed E-state index contributed by atoms with van der Waals surface area (Å²) in [5, 5.41) is 11.9. The lowest BCUT2D eigenvalue weighted by Gasteiger charge is -2.05. The molecule has 0 bridgehead atoms. The summed E-state index contributed by atoms with van der Waals surface area (Å²) in [7, 11) is 0. The minimum Gasteiger partial charge on any atom is -0.508 e. The van der Waals surface area contributed by atoms with Crippen molar-refractivity contribution in [3.05, 3.63) is 59.7 Å². The molecule has 2 N–H and O–H groups in total. The SMILES string of the molecule is Cc1ccc(C(=O)CC2SC(=Nc3ccc(O)cc3)NC2=O)cc1. The lowest BCUT2D eigenvalue weighted by atomic mass is 10.0. The summed E-state index contributed by atoms with van der Waals surface area (Å²) in [6, 6.07) is 13.7. The molecule has 1 fully saturated rings. The number of carbonyl (C=O) groups is 2. The summed E-state index contributed by atoms with van der Waals surface area (Å²) in [6.45, 7) is 1.96. The fourth-order valence-corrected chi connectivity index (χ4v) is 3.25. The van der Waals surface area contributed by atoms with E-state index in [9.17, 15) is 14.7 Å². The Hall–Kier alpha value is -2.60. The van der Waals surface area contributed by atoms with Crippen LogP contribution >= 0.6 is 11.8 Å². The Morgan fingerprint density at radius 3 is 2.50 bits per heavy atom. The fourth-order valence-electron chi connectivity index (χ4n) is 2.26. The largest absolute Gasteiger partial charge is 0.508 e. The van der Waals surface area contributed by atoms with Crippen molar-refractivity contribution < 1.29 is 14.7 Å². The molecule has 0 radical (unpaired) electrons. The number of phenolic OH excluding ortho intramolecular Hbond substituents is 1. The third kappa shape index (κ3) is 3.83. The number of aryl methyl sites for hydroxylation is 1. The first kappa shape index (κ1) is 16.3. The molecule has 1 saturated heterocycles. The van der Waals surface area contributed by atoms with Crippen LogP contribution in [0.2, 0.25) is 0 Å². The van der Waals surface area contributed by atoms with Crippen LogP contribution < -0.4 is 5.32 Å². The van der Waals surface area contributed by atoms with Crippen molar-refractivity contribution in [2.45, 2.75) is 18.6 Å². The summed E-state index contributed by atoms with van der Waals surface area (Å²) in [5.41, 5.74) is 2.32. The molecule has 6 heteroatoms. The van der Waals surface area contributed by atoms with Crippen LogP contribution in [0.15, 0.2) is 53.5 Å². The van der Waals surface area contributed by atoms with Crippen LogP contribution in [0.4, 0.5) is 5.69 Å². The fraction of sp³-hybridized carbons (Fsp3) is 0.167. The van der Waals surface area contributed by atoms with Crippen molar-refractivity contribution in [3.8, 4) is 5.75 Å². The number of amides is 1. The van der Waals surface area contributed by atoms with E-state index in [1.54, 1.807) is 24.3 Å². The molecule has 122 valence electrons. The zero-order valence-corrected chi connectivity index (χ0v) is 13.8. The van der Waals surface area contributed by atoms with Crippen LogP contribution in [-0.2, 0) is 4.79 Å². The minimum absolute atomic E-state index is 0.0615. The van der Waals surface area contributed by atoms with Gasteiger partial charge in [-0.25, -0.2) is 4.99 Å². The molecule has 0 aromatic heterocycles. The molecular weight excluding hydrogens is 324 g/mol. The quantitative estimate of drug-likeness (QED) is 0.838. The number of amidine groups is 1. The Kier molecular flexibility index (Phi) is 4.66. The van der Waals surface area contributed by atoms with Crippen molar-refractivity contribution in [2.75, 3.05) is 0 Å². The van der Waals surface area contributed by atoms with Gasteiger partial charge in [0, 0.05) is 12.0 Å². The molecule has 0 aliphatic carbocycles. The first-order chi connectivity index (χ1) is 11.5. The minimum atomic E-state index is -0.477. The van der Waals surface area contributed by atoms with Crippen molar-refractivity contribution >= 4 is 34.3 Å². The van der Waals surface area contributed by atoms with Crippen molar-refractivity contribution in [1.82, 2.24) is 5.32 Å². The summed E-state index contributed by atoms with van der Waals surface area (Å²) in [6.07, 6.45) is 0.133. The van der Waals surface area contributed by atoms with E-state index in [0.29, 0.717) is 16.4 Å².